The topological polar surface area (TPSA) is 46.6 Å². The van der Waals surface area contributed by atoms with Crippen LogP contribution in [-0.2, 0) is 14.8 Å². The van der Waals surface area contributed by atoms with Crippen LogP contribution in [0.15, 0.2) is 0 Å². The van der Waals surface area contributed by atoms with E-state index in [9.17, 15) is 8.42 Å². The van der Waals surface area contributed by atoms with Gasteiger partial charge in [0.1, 0.15) is 0 Å². The monoisotopic (exact) mass is 207 g/mol. The molecule has 0 aromatic carbocycles. The molecule has 0 radical (unpaired) electrons. The zero-order valence-electron chi connectivity index (χ0n) is 8.19. The van der Waals surface area contributed by atoms with Crippen molar-refractivity contribution in [2.75, 3.05) is 33.1 Å². The van der Waals surface area contributed by atoms with E-state index >= 15 is 0 Å². The molecule has 0 spiro atoms. The van der Waals surface area contributed by atoms with Crippen LogP contribution in [0.3, 0.4) is 0 Å². The Bertz CT molecular complexity index is 246. The summed E-state index contributed by atoms with van der Waals surface area (Å²) in [6.45, 7) is 1.74. The van der Waals surface area contributed by atoms with E-state index < -0.39 is 10.0 Å². The molecule has 0 N–H and O–H groups in total. The van der Waals surface area contributed by atoms with Crippen molar-refractivity contribution in [1.29, 1.82) is 0 Å². The van der Waals surface area contributed by atoms with Gasteiger partial charge in [-0.3, -0.25) is 0 Å². The highest BCUT2D eigenvalue weighted by Gasteiger charge is 2.21. The first kappa shape index (κ1) is 10.9. The highest BCUT2D eigenvalue weighted by molar-refractivity contribution is 7.88. The lowest BCUT2D eigenvalue weighted by atomic mass is 10.5. The van der Waals surface area contributed by atoms with Crippen LogP contribution in [0.5, 0.6) is 0 Å². The van der Waals surface area contributed by atoms with Gasteiger partial charge in [-0.05, 0) is 18.8 Å². The van der Waals surface area contributed by atoms with E-state index in [1.807, 2.05) is 0 Å². The molecule has 4 nitrogen and oxygen atoms in total. The summed E-state index contributed by atoms with van der Waals surface area (Å²) in [6.07, 6.45) is 3.73. The number of sulfonamides is 1. The van der Waals surface area contributed by atoms with Crippen molar-refractivity contribution in [1.82, 2.24) is 4.31 Å². The summed E-state index contributed by atoms with van der Waals surface area (Å²) < 4.78 is 28.5. The molecule has 0 bridgehead atoms. The van der Waals surface area contributed by atoms with Crippen LogP contribution in [0.4, 0.5) is 0 Å². The molecular weight excluding hydrogens is 190 g/mol. The summed E-state index contributed by atoms with van der Waals surface area (Å²) in [5, 5.41) is 0. The summed E-state index contributed by atoms with van der Waals surface area (Å²) in [6, 6.07) is 0. The predicted octanol–water partition coefficient (Wildman–Crippen LogP) is 0.304. The average molecular weight is 207 g/mol. The lowest BCUT2D eigenvalue weighted by Crippen LogP contribution is -2.29. The molecule has 0 saturated heterocycles. The van der Waals surface area contributed by atoms with Gasteiger partial charge in [0.15, 0.2) is 0 Å². The molecular formula is C8H17NO3S. The highest BCUT2D eigenvalue weighted by Crippen LogP contribution is 2.28. The van der Waals surface area contributed by atoms with Gasteiger partial charge in [-0.1, -0.05) is 0 Å². The number of likely N-dealkylation sites (N-methyl/N-ethyl adjacent to an activating group) is 1. The number of rotatable bonds is 6. The molecule has 1 fully saturated rings. The number of hydrogen-bond acceptors (Lipinski definition) is 3. The summed E-state index contributed by atoms with van der Waals surface area (Å²) >= 11 is 0. The van der Waals surface area contributed by atoms with Crippen LogP contribution in [-0.4, -0.2) is 45.8 Å². The first-order chi connectivity index (χ1) is 6.00. The lowest BCUT2D eigenvalue weighted by molar-refractivity contribution is 0.117. The maximum absolute atomic E-state index is 10.9. The molecule has 0 amide bonds. The molecule has 0 aromatic rings. The van der Waals surface area contributed by atoms with E-state index in [0.717, 1.165) is 12.5 Å². The van der Waals surface area contributed by atoms with E-state index in [1.54, 1.807) is 7.05 Å². The summed E-state index contributed by atoms with van der Waals surface area (Å²) in [7, 11) is -1.47. The molecule has 1 rings (SSSR count). The number of hydrogen-bond donors (Lipinski definition) is 0. The van der Waals surface area contributed by atoms with Crippen molar-refractivity contribution in [2.24, 2.45) is 5.92 Å². The third-order valence-electron chi connectivity index (χ3n) is 2.17. The van der Waals surface area contributed by atoms with Crippen LogP contribution in [0.2, 0.25) is 0 Å². The van der Waals surface area contributed by atoms with E-state index in [1.165, 1.54) is 23.4 Å². The Labute approximate surface area is 79.9 Å². The van der Waals surface area contributed by atoms with Crippen molar-refractivity contribution in [3.63, 3.8) is 0 Å². The van der Waals surface area contributed by atoms with E-state index in [0.29, 0.717) is 13.2 Å². The van der Waals surface area contributed by atoms with Gasteiger partial charge in [0.25, 0.3) is 0 Å². The van der Waals surface area contributed by atoms with Gasteiger partial charge < -0.3 is 4.74 Å². The Morgan fingerprint density at radius 3 is 2.54 bits per heavy atom. The minimum Gasteiger partial charge on any atom is -0.380 e. The Morgan fingerprint density at radius 1 is 1.46 bits per heavy atom. The molecule has 1 aliphatic rings. The third kappa shape index (κ3) is 4.59. The Balaban J connectivity index is 2.04. The number of ether oxygens (including phenoxy) is 1. The van der Waals surface area contributed by atoms with Gasteiger partial charge in [-0.15, -0.1) is 0 Å². The third-order valence-corrected chi connectivity index (χ3v) is 3.48. The fraction of sp³-hybridized carbons (Fsp3) is 1.00. The molecule has 0 aromatic heterocycles. The largest absolute Gasteiger partial charge is 0.380 e. The quantitative estimate of drug-likeness (QED) is 0.589. The molecule has 78 valence electrons. The molecule has 0 unspecified atom stereocenters. The first-order valence-corrected chi connectivity index (χ1v) is 6.34. The molecule has 1 aliphatic carbocycles. The molecule has 5 heteroatoms. The minimum atomic E-state index is -3.03. The molecule has 0 atom stereocenters. The second kappa shape index (κ2) is 4.39. The molecule has 0 heterocycles. The second-order valence-corrected chi connectivity index (χ2v) is 5.69. The van der Waals surface area contributed by atoms with Gasteiger partial charge >= 0.3 is 0 Å². The zero-order chi connectivity index (χ0) is 9.90. The minimum absolute atomic E-state index is 0.450. The van der Waals surface area contributed by atoms with E-state index in [-0.39, 0.29) is 0 Å². The van der Waals surface area contributed by atoms with Crippen LogP contribution in [0.1, 0.15) is 12.8 Å². The smallest absolute Gasteiger partial charge is 0.211 e. The van der Waals surface area contributed by atoms with Crippen LogP contribution < -0.4 is 0 Å². The van der Waals surface area contributed by atoms with Crippen LogP contribution >= 0.6 is 0 Å². The molecule has 0 aliphatic heterocycles. The Kier molecular flexibility index (Phi) is 3.70. The normalized spacial score (nSPS) is 18.1. The van der Waals surface area contributed by atoms with Gasteiger partial charge in [-0.2, -0.15) is 0 Å². The van der Waals surface area contributed by atoms with E-state index in [4.69, 9.17) is 4.74 Å². The van der Waals surface area contributed by atoms with Crippen molar-refractivity contribution in [3.8, 4) is 0 Å². The van der Waals surface area contributed by atoms with Gasteiger partial charge in [0.2, 0.25) is 10.0 Å². The molecule has 13 heavy (non-hydrogen) atoms. The Morgan fingerprint density at radius 2 is 2.08 bits per heavy atom. The van der Waals surface area contributed by atoms with Gasteiger partial charge in [0, 0.05) is 20.2 Å². The zero-order valence-corrected chi connectivity index (χ0v) is 9.01. The van der Waals surface area contributed by atoms with Crippen molar-refractivity contribution >= 4 is 10.0 Å². The fourth-order valence-corrected chi connectivity index (χ4v) is 1.30. The number of nitrogens with zero attached hydrogens (tertiary/aromatic N) is 1. The first-order valence-electron chi connectivity index (χ1n) is 4.49. The standard InChI is InChI=1S/C8H17NO3S/c1-9(13(2,10)11)5-6-12-7-8-3-4-8/h8H,3-7H2,1-2H3. The van der Waals surface area contributed by atoms with Crippen molar-refractivity contribution in [2.45, 2.75) is 12.8 Å². The van der Waals surface area contributed by atoms with Crippen molar-refractivity contribution in [3.05, 3.63) is 0 Å². The SMILES string of the molecule is CN(CCOCC1CC1)S(C)(=O)=O. The maximum Gasteiger partial charge on any atom is 0.211 e. The van der Waals surface area contributed by atoms with Gasteiger partial charge in [0.05, 0.1) is 12.9 Å². The van der Waals surface area contributed by atoms with Crippen molar-refractivity contribution < 1.29 is 13.2 Å². The maximum atomic E-state index is 10.9. The highest BCUT2D eigenvalue weighted by atomic mass is 32.2. The van der Waals surface area contributed by atoms with Gasteiger partial charge in [-0.25, -0.2) is 12.7 Å². The summed E-state index contributed by atoms with van der Waals surface area (Å²) in [5.41, 5.74) is 0. The second-order valence-electron chi connectivity index (χ2n) is 3.60. The van der Waals surface area contributed by atoms with E-state index in [2.05, 4.69) is 0 Å². The Hall–Kier alpha value is -0.130. The average Bonchev–Trinajstić information content (AvgIpc) is 2.79. The lowest BCUT2D eigenvalue weighted by Gasteiger charge is -2.13. The summed E-state index contributed by atoms with van der Waals surface area (Å²) in [4.78, 5) is 0. The fourth-order valence-electron chi connectivity index (χ4n) is 0.893. The summed E-state index contributed by atoms with van der Waals surface area (Å²) in [5.74, 6) is 0.739. The predicted molar refractivity (Wildman–Crippen MR) is 51.0 cm³/mol. The van der Waals surface area contributed by atoms with Crippen LogP contribution in [0, 0.1) is 5.92 Å². The van der Waals surface area contributed by atoms with Crippen LogP contribution in [0.25, 0.3) is 0 Å². The molecule has 1 saturated carbocycles.